The number of rotatable bonds is 5. The molecule has 26 heavy (non-hydrogen) atoms. The minimum absolute atomic E-state index is 0.393. The molecule has 2 aromatic rings. The van der Waals surface area contributed by atoms with Crippen molar-refractivity contribution in [2.75, 3.05) is 0 Å². The van der Waals surface area contributed by atoms with Gasteiger partial charge in [0.1, 0.15) is 6.04 Å². The van der Waals surface area contributed by atoms with E-state index in [9.17, 15) is 9.90 Å². The molecule has 1 aliphatic carbocycles. The molecule has 3 rings (SSSR count). The maximum Gasteiger partial charge on any atom is 0.306 e. The van der Waals surface area contributed by atoms with Crippen molar-refractivity contribution in [2.24, 2.45) is 0 Å². The van der Waals surface area contributed by atoms with E-state index in [2.05, 4.69) is 5.43 Å². The third-order valence-corrected chi connectivity index (χ3v) is 5.37. The third kappa shape index (κ3) is 3.97. The van der Waals surface area contributed by atoms with E-state index in [1.54, 1.807) is 0 Å². The molecule has 0 saturated heterocycles. The number of aliphatic hydroxyl groups is 1. The van der Waals surface area contributed by atoms with Crippen LogP contribution in [0.5, 0.6) is 0 Å². The normalized spacial score (nSPS) is 15.7. The number of aryl methyl sites for hydroxylation is 2. The van der Waals surface area contributed by atoms with Gasteiger partial charge in [0, 0.05) is 12.8 Å². The van der Waals surface area contributed by atoms with Crippen LogP contribution >= 0.6 is 0 Å². The van der Waals surface area contributed by atoms with Crippen molar-refractivity contribution in [1.82, 2.24) is 5.43 Å². The average Bonchev–Trinajstić information content (AvgIpc) is 2.67. The smallest absolute Gasteiger partial charge is 0.306 e. The molecule has 0 atom stereocenters. The Bertz CT molecular complexity index is 686. The molecule has 0 radical (unpaired) electrons. The van der Waals surface area contributed by atoms with Crippen molar-refractivity contribution in [2.45, 2.75) is 57.6 Å². The molecule has 1 saturated carbocycles. The van der Waals surface area contributed by atoms with Gasteiger partial charge in [0.05, 0.1) is 0 Å². The first-order chi connectivity index (χ1) is 12.5. The first-order valence-corrected chi connectivity index (χ1v) is 9.51. The molecule has 4 N–H and O–H groups in total. The van der Waals surface area contributed by atoms with E-state index in [0.717, 1.165) is 24.0 Å². The highest BCUT2D eigenvalue weighted by molar-refractivity contribution is 5.89. The highest BCUT2D eigenvalue weighted by Gasteiger charge is 2.41. The number of hydrogen-bond acceptors (Lipinski definition) is 2. The van der Waals surface area contributed by atoms with Gasteiger partial charge in [-0.05, 0) is 37.8 Å². The first kappa shape index (κ1) is 18.6. The molecule has 0 aromatic heterocycles. The van der Waals surface area contributed by atoms with Crippen LogP contribution in [0.2, 0.25) is 0 Å². The summed E-state index contributed by atoms with van der Waals surface area (Å²) in [6, 6.07) is 15.4. The molecule has 4 heteroatoms. The maximum atomic E-state index is 13.1. The highest BCUT2D eigenvalue weighted by Crippen LogP contribution is 2.30. The molecule has 0 heterocycles. The van der Waals surface area contributed by atoms with Crippen LogP contribution < -0.4 is 10.9 Å². The first-order valence-electron chi connectivity index (χ1n) is 9.51. The summed E-state index contributed by atoms with van der Waals surface area (Å²) in [5.41, 5.74) is 6.44. The van der Waals surface area contributed by atoms with Crippen LogP contribution in [-0.4, -0.2) is 17.1 Å². The number of carbonyl (C=O) groups is 1. The number of quaternary nitrogens is 1. The lowest BCUT2D eigenvalue weighted by molar-refractivity contribution is -0.733. The third-order valence-electron chi connectivity index (χ3n) is 5.37. The molecule has 0 unspecified atom stereocenters. The summed E-state index contributed by atoms with van der Waals surface area (Å²) in [7, 11) is 0. The van der Waals surface area contributed by atoms with E-state index in [1.807, 2.05) is 67.8 Å². The van der Waals surface area contributed by atoms with E-state index < -0.39 is 11.5 Å². The van der Waals surface area contributed by atoms with Gasteiger partial charge in [-0.1, -0.05) is 66.1 Å². The van der Waals surface area contributed by atoms with E-state index in [4.69, 9.17) is 0 Å². The van der Waals surface area contributed by atoms with Crippen molar-refractivity contribution in [1.29, 1.82) is 0 Å². The standard InChI is InChI=1S/C22H28N2O2/c1-16-8-12-18(13-9-16)22(26,19-14-10-17(2)11-15-19)21(25)24-23-20-6-4-3-5-7-20/h8-15,20,23,26H,3-7H2,1-2H3,(H,24,25)/p+1. The largest absolute Gasteiger partial charge is 0.372 e. The molecule has 2 aromatic carbocycles. The van der Waals surface area contributed by atoms with Gasteiger partial charge in [-0.25, -0.2) is 10.9 Å². The minimum Gasteiger partial charge on any atom is -0.372 e. The van der Waals surface area contributed by atoms with Crippen LogP contribution in [-0.2, 0) is 10.4 Å². The van der Waals surface area contributed by atoms with Gasteiger partial charge in [-0.3, -0.25) is 4.79 Å². The monoisotopic (exact) mass is 353 g/mol. The second kappa shape index (κ2) is 8.02. The molecule has 138 valence electrons. The number of nitrogens with two attached hydrogens (primary N) is 1. The number of hydrogen-bond donors (Lipinski definition) is 3. The Morgan fingerprint density at radius 2 is 1.38 bits per heavy atom. The lowest BCUT2D eigenvalue weighted by Gasteiger charge is -2.28. The topological polar surface area (TPSA) is 65.9 Å². The van der Waals surface area contributed by atoms with Gasteiger partial charge < -0.3 is 5.11 Å². The van der Waals surface area contributed by atoms with Crippen LogP contribution in [0.15, 0.2) is 48.5 Å². The quantitative estimate of drug-likeness (QED) is 0.439. The molecule has 4 nitrogen and oxygen atoms in total. The summed E-state index contributed by atoms with van der Waals surface area (Å²) in [6.45, 7) is 3.98. The second-order valence-corrected chi connectivity index (χ2v) is 7.48. The molecule has 0 spiro atoms. The summed E-state index contributed by atoms with van der Waals surface area (Å²) in [5, 5.41) is 11.5. The molecule has 1 aliphatic rings. The molecular weight excluding hydrogens is 324 g/mol. The fourth-order valence-corrected chi connectivity index (χ4v) is 3.62. The van der Waals surface area contributed by atoms with E-state index >= 15 is 0 Å². The predicted octanol–water partition coefficient (Wildman–Crippen LogP) is 2.47. The van der Waals surface area contributed by atoms with Gasteiger partial charge in [0.15, 0.2) is 5.60 Å². The van der Waals surface area contributed by atoms with E-state index in [1.165, 1.54) is 19.3 Å². The van der Waals surface area contributed by atoms with Crippen molar-refractivity contribution in [3.05, 3.63) is 70.8 Å². The van der Waals surface area contributed by atoms with Crippen molar-refractivity contribution in [3.63, 3.8) is 0 Å². The van der Waals surface area contributed by atoms with Crippen LogP contribution in [0.1, 0.15) is 54.4 Å². The Labute approximate surface area is 155 Å². The molecule has 1 fully saturated rings. The Hall–Kier alpha value is -2.17. The molecular formula is C22H29N2O2+. The van der Waals surface area contributed by atoms with E-state index in [-0.39, 0.29) is 0 Å². The van der Waals surface area contributed by atoms with E-state index in [0.29, 0.717) is 17.2 Å². The highest BCUT2D eigenvalue weighted by atomic mass is 16.3. The zero-order chi connectivity index (χ0) is 18.6. The summed E-state index contributed by atoms with van der Waals surface area (Å²) < 4.78 is 0. The molecule has 1 amide bonds. The molecule has 0 bridgehead atoms. The Morgan fingerprint density at radius 1 is 0.923 bits per heavy atom. The minimum atomic E-state index is -1.70. The van der Waals surface area contributed by atoms with Crippen molar-refractivity contribution < 1.29 is 15.3 Å². The van der Waals surface area contributed by atoms with Gasteiger partial charge >= 0.3 is 5.91 Å². The number of nitrogens with one attached hydrogen (secondary N) is 1. The van der Waals surface area contributed by atoms with Crippen LogP contribution in [0.4, 0.5) is 0 Å². The van der Waals surface area contributed by atoms with Gasteiger partial charge in [0.2, 0.25) is 0 Å². The Morgan fingerprint density at radius 3 is 1.85 bits per heavy atom. The SMILES string of the molecule is Cc1ccc(C(O)(C(=O)N[NH2+]C2CCCCC2)c2ccc(C)cc2)cc1. The van der Waals surface area contributed by atoms with Crippen LogP contribution in [0.3, 0.4) is 0 Å². The predicted molar refractivity (Wildman–Crippen MR) is 102 cm³/mol. The van der Waals surface area contributed by atoms with Crippen molar-refractivity contribution in [3.8, 4) is 0 Å². The average molecular weight is 353 g/mol. The summed E-state index contributed by atoms with van der Waals surface area (Å²) in [5.74, 6) is -0.393. The van der Waals surface area contributed by atoms with Gasteiger partial charge in [0.25, 0.3) is 0 Å². The Balaban J connectivity index is 1.87. The summed E-state index contributed by atoms with van der Waals surface area (Å²) in [4.78, 5) is 13.1. The van der Waals surface area contributed by atoms with Crippen molar-refractivity contribution >= 4 is 5.91 Å². The Kier molecular flexibility index (Phi) is 5.74. The zero-order valence-corrected chi connectivity index (χ0v) is 15.7. The van der Waals surface area contributed by atoms with Gasteiger partial charge in [-0.2, -0.15) is 0 Å². The summed E-state index contributed by atoms with van der Waals surface area (Å²) in [6.07, 6.45) is 5.89. The number of carbonyl (C=O) groups excluding carboxylic acids is 1. The van der Waals surface area contributed by atoms with Gasteiger partial charge in [-0.15, -0.1) is 0 Å². The second-order valence-electron chi connectivity index (χ2n) is 7.48. The zero-order valence-electron chi connectivity index (χ0n) is 15.7. The lowest BCUT2D eigenvalue weighted by atomic mass is 9.85. The van der Waals surface area contributed by atoms with Crippen LogP contribution in [0, 0.1) is 13.8 Å². The fraction of sp³-hybridized carbons (Fsp3) is 0.409. The maximum absolute atomic E-state index is 13.1. The number of amides is 1. The summed E-state index contributed by atoms with van der Waals surface area (Å²) >= 11 is 0. The van der Waals surface area contributed by atoms with Crippen LogP contribution in [0.25, 0.3) is 0 Å². The number of benzene rings is 2. The molecule has 0 aliphatic heterocycles. The fourth-order valence-electron chi connectivity index (χ4n) is 3.62. The lowest BCUT2D eigenvalue weighted by Crippen LogP contribution is -3.00.